The molecule has 6 nitrogen and oxygen atoms in total. The van der Waals surface area contributed by atoms with Crippen LogP contribution in [-0.4, -0.2) is 36.8 Å². The van der Waals surface area contributed by atoms with Gasteiger partial charge in [-0.05, 0) is 29.8 Å². The Hall–Kier alpha value is -2.54. The van der Waals surface area contributed by atoms with Gasteiger partial charge in [-0.2, -0.15) is 0 Å². The number of nitrogens with one attached hydrogen (secondary N) is 2. The van der Waals surface area contributed by atoms with Gasteiger partial charge in [0.05, 0.1) is 25.0 Å². The van der Waals surface area contributed by atoms with Gasteiger partial charge in [-0.1, -0.05) is 24.3 Å². The molecule has 2 N–H and O–H groups in total. The summed E-state index contributed by atoms with van der Waals surface area (Å²) in [5, 5.41) is 5.46. The number of hydrogen-bond donors (Lipinski definition) is 2. The monoisotopic (exact) mass is 362 g/mol. The Bertz CT molecular complexity index is 722. The molecule has 0 spiro atoms. The van der Waals surface area contributed by atoms with Crippen LogP contribution in [0.1, 0.15) is 5.56 Å². The highest BCUT2D eigenvalue weighted by Crippen LogP contribution is 2.27. The Morgan fingerprint density at radius 1 is 1.00 bits per heavy atom. The van der Waals surface area contributed by atoms with Crippen LogP contribution in [0.15, 0.2) is 53.4 Å². The maximum absolute atomic E-state index is 12.1. The standard InChI is InChI=1S/C18H22N2O4S/c1-23-16-9-8-14(12-17(16)24-2)13-20-18(21)19-10-11-25(22)15-6-4-3-5-7-15/h3-9,12H,10-11,13H2,1-2H3,(H2,19,20,21). The lowest BCUT2D eigenvalue weighted by Gasteiger charge is -2.11. The number of ether oxygens (including phenoxy) is 2. The molecule has 0 aliphatic rings. The fraction of sp³-hybridized carbons (Fsp3) is 0.278. The normalized spacial score (nSPS) is 11.4. The number of methoxy groups -OCH3 is 2. The molecule has 25 heavy (non-hydrogen) atoms. The van der Waals surface area contributed by atoms with Crippen molar-refractivity contribution < 1.29 is 18.5 Å². The van der Waals surface area contributed by atoms with E-state index in [0.717, 1.165) is 10.5 Å². The van der Waals surface area contributed by atoms with E-state index >= 15 is 0 Å². The van der Waals surface area contributed by atoms with Crippen molar-refractivity contribution in [2.75, 3.05) is 26.5 Å². The summed E-state index contributed by atoms with van der Waals surface area (Å²) < 4.78 is 22.5. The molecule has 0 aromatic heterocycles. The summed E-state index contributed by atoms with van der Waals surface area (Å²) in [6, 6.07) is 14.3. The Balaban J connectivity index is 1.75. The van der Waals surface area contributed by atoms with Crippen LogP contribution in [0.2, 0.25) is 0 Å². The zero-order valence-corrected chi connectivity index (χ0v) is 15.1. The van der Waals surface area contributed by atoms with Gasteiger partial charge in [0.25, 0.3) is 0 Å². The summed E-state index contributed by atoms with van der Waals surface area (Å²) in [4.78, 5) is 12.6. The van der Waals surface area contributed by atoms with E-state index in [1.165, 1.54) is 0 Å². The molecule has 0 fully saturated rings. The SMILES string of the molecule is COc1ccc(CNC(=O)NCCS(=O)c2ccccc2)cc1OC. The highest BCUT2D eigenvalue weighted by atomic mass is 32.2. The van der Waals surface area contributed by atoms with Crippen molar-refractivity contribution in [1.29, 1.82) is 0 Å². The summed E-state index contributed by atoms with van der Waals surface area (Å²) in [5.41, 5.74) is 0.890. The molecule has 134 valence electrons. The van der Waals surface area contributed by atoms with Crippen molar-refractivity contribution in [3.8, 4) is 11.5 Å². The third-order valence-electron chi connectivity index (χ3n) is 3.48. The molecule has 0 saturated carbocycles. The van der Waals surface area contributed by atoms with E-state index in [-0.39, 0.29) is 6.03 Å². The van der Waals surface area contributed by atoms with E-state index in [2.05, 4.69) is 10.6 Å². The highest BCUT2D eigenvalue weighted by Gasteiger charge is 2.07. The predicted octanol–water partition coefficient (Wildman–Crippen LogP) is 2.31. The Morgan fingerprint density at radius 2 is 1.72 bits per heavy atom. The van der Waals surface area contributed by atoms with Crippen molar-refractivity contribution in [3.63, 3.8) is 0 Å². The van der Waals surface area contributed by atoms with Gasteiger partial charge in [0.15, 0.2) is 11.5 Å². The van der Waals surface area contributed by atoms with Crippen LogP contribution < -0.4 is 20.1 Å². The second-order valence-corrected chi connectivity index (χ2v) is 6.73. The summed E-state index contributed by atoms with van der Waals surface area (Å²) in [5.74, 6) is 1.62. The Labute approximate surface area is 150 Å². The molecule has 0 bridgehead atoms. The van der Waals surface area contributed by atoms with Crippen LogP contribution in [0.25, 0.3) is 0 Å². The summed E-state index contributed by atoms with van der Waals surface area (Å²) >= 11 is 0. The highest BCUT2D eigenvalue weighted by molar-refractivity contribution is 7.85. The fourth-order valence-electron chi connectivity index (χ4n) is 2.18. The third kappa shape index (κ3) is 5.79. The van der Waals surface area contributed by atoms with Gasteiger partial charge in [0.2, 0.25) is 0 Å². The van der Waals surface area contributed by atoms with Crippen molar-refractivity contribution in [3.05, 3.63) is 54.1 Å². The van der Waals surface area contributed by atoms with E-state index in [0.29, 0.717) is 30.3 Å². The molecule has 1 unspecified atom stereocenters. The zero-order valence-electron chi connectivity index (χ0n) is 14.3. The van der Waals surface area contributed by atoms with E-state index in [1.807, 2.05) is 42.5 Å². The molecule has 2 rings (SSSR count). The molecule has 0 heterocycles. The van der Waals surface area contributed by atoms with E-state index in [9.17, 15) is 9.00 Å². The van der Waals surface area contributed by atoms with E-state index in [1.54, 1.807) is 20.3 Å². The lowest BCUT2D eigenvalue weighted by Crippen LogP contribution is -2.37. The maximum atomic E-state index is 12.1. The predicted molar refractivity (Wildman–Crippen MR) is 97.5 cm³/mol. The minimum absolute atomic E-state index is 0.306. The van der Waals surface area contributed by atoms with Crippen molar-refractivity contribution in [2.45, 2.75) is 11.4 Å². The topological polar surface area (TPSA) is 76.7 Å². The summed E-state index contributed by atoms with van der Waals surface area (Å²) in [6.07, 6.45) is 0. The van der Waals surface area contributed by atoms with Crippen LogP contribution in [0.4, 0.5) is 4.79 Å². The second kappa shape index (κ2) is 9.68. The smallest absolute Gasteiger partial charge is 0.315 e. The molecule has 0 saturated heterocycles. The number of benzene rings is 2. The van der Waals surface area contributed by atoms with Gasteiger partial charge in [-0.15, -0.1) is 0 Å². The van der Waals surface area contributed by atoms with Gasteiger partial charge in [0, 0.05) is 23.7 Å². The van der Waals surface area contributed by atoms with E-state index in [4.69, 9.17) is 9.47 Å². The number of rotatable bonds is 8. The molecule has 2 aromatic rings. The summed E-state index contributed by atoms with van der Waals surface area (Å²) in [7, 11) is 2.02. The van der Waals surface area contributed by atoms with Crippen LogP contribution in [0, 0.1) is 0 Å². The van der Waals surface area contributed by atoms with Crippen LogP contribution in [0.5, 0.6) is 11.5 Å². The Kier molecular flexibility index (Phi) is 7.28. The molecular weight excluding hydrogens is 340 g/mol. The van der Waals surface area contributed by atoms with Crippen molar-refractivity contribution >= 4 is 16.8 Å². The quantitative estimate of drug-likeness (QED) is 0.756. The number of hydrogen-bond acceptors (Lipinski definition) is 4. The second-order valence-electron chi connectivity index (χ2n) is 5.16. The summed E-state index contributed by atoms with van der Waals surface area (Å²) in [6.45, 7) is 0.688. The van der Waals surface area contributed by atoms with Crippen LogP contribution >= 0.6 is 0 Å². The van der Waals surface area contributed by atoms with Gasteiger partial charge in [-0.3, -0.25) is 4.21 Å². The number of carbonyl (C=O) groups excluding carboxylic acids is 1. The van der Waals surface area contributed by atoms with Gasteiger partial charge in [0.1, 0.15) is 0 Å². The molecular formula is C18H22N2O4S. The number of urea groups is 1. The van der Waals surface area contributed by atoms with Crippen LogP contribution in [-0.2, 0) is 17.3 Å². The molecule has 0 radical (unpaired) electrons. The minimum atomic E-state index is -1.12. The lowest BCUT2D eigenvalue weighted by atomic mass is 10.2. The largest absolute Gasteiger partial charge is 0.493 e. The molecule has 1 atom stereocenters. The average Bonchev–Trinajstić information content (AvgIpc) is 2.66. The maximum Gasteiger partial charge on any atom is 0.315 e. The minimum Gasteiger partial charge on any atom is -0.493 e. The fourth-order valence-corrected chi connectivity index (χ4v) is 3.17. The first-order valence-electron chi connectivity index (χ1n) is 7.80. The molecule has 2 amide bonds. The van der Waals surface area contributed by atoms with Gasteiger partial charge < -0.3 is 20.1 Å². The molecule has 2 aromatic carbocycles. The first kappa shape index (κ1) is 18.8. The third-order valence-corrected chi connectivity index (χ3v) is 4.85. The molecule has 0 aliphatic carbocycles. The first-order chi connectivity index (χ1) is 12.1. The zero-order chi connectivity index (χ0) is 18.1. The van der Waals surface area contributed by atoms with Gasteiger partial charge >= 0.3 is 6.03 Å². The van der Waals surface area contributed by atoms with Crippen molar-refractivity contribution in [2.24, 2.45) is 0 Å². The number of carbonyl (C=O) groups is 1. The van der Waals surface area contributed by atoms with Crippen molar-refractivity contribution in [1.82, 2.24) is 10.6 Å². The number of amides is 2. The molecule has 0 aliphatic heterocycles. The Morgan fingerprint density at radius 3 is 2.40 bits per heavy atom. The van der Waals surface area contributed by atoms with Crippen LogP contribution in [0.3, 0.4) is 0 Å². The lowest BCUT2D eigenvalue weighted by molar-refractivity contribution is 0.241. The van der Waals surface area contributed by atoms with Gasteiger partial charge in [-0.25, -0.2) is 4.79 Å². The molecule has 7 heteroatoms. The van der Waals surface area contributed by atoms with E-state index < -0.39 is 10.8 Å². The first-order valence-corrected chi connectivity index (χ1v) is 9.12. The average molecular weight is 362 g/mol.